The van der Waals surface area contributed by atoms with E-state index in [1.54, 1.807) is 51.5 Å². The minimum Gasteiger partial charge on any atom is -0.497 e. The molecule has 1 aromatic heterocycles. The molecule has 29 heavy (non-hydrogen) atoms. The lowest BCUT2D eigenvalue weighted by Gasteiger charge is -2.10. The van der Waals surface area contributed by atoms with Gasteiger partial charge in [0.1, 0.15) is 17.3 Å². The van der Waals surface area contributed by atoms with Crippen LogP contribution >= 0.6 is 11.8 Å². The topological polar surface area (TPSA) is 86.5 Å². The van der Waals surface area contributed by atoms with Gasteiger partial charge < -0.3 is 19.2 Å². The highest BCUT2D eigenvalue weighted by molar-refractivity contribution is 8.00. The first-order chi connectivity index (χ1) is 14.0. The average molecular weight is 417 g/mol. The Labute approximate surface area is 171 Å². The maximum atomic E-state index is 12.9. The Morgan fingerprint density at radius 3 is 2.41 bits per heavy atom. The van der Waals surface area contributed by atoms with Gasteiger partial charge in [-0.1, -0.05) is 23.9 Å². The maximum Gasteiger partial charge on any atom is 0.277 e. The monoisotopic (exact) mass is 417 g/mol. The summed E-state index contributed by atoms with van der Waals surface area (Å²) in [5, 5.41) is 10.6. The van der Waals surface area contributed by atoms with E-state index in [1.165, 1.54) is 12.1 Å². The molecule has 2 aromatic carbocycles. The number of thioether (sulfide) groups is 1. The average Bonchev–Trinajstić information content (AvgIpc) is 3.21. The van der Waals surface area contributed by atoms with Crippen LogP contribution in [0.3, 0.4) is 0 Å². The van der Waals surface area contributed by atoms with E-state index in [9.17, 15) is 9.18 Å². The van der Waals surface area contributed by atoms with Crippen molar-refractivity contribution in [3.63, 3.8) is 0 Å². The van der Waals surface area contributed by atoms with Crippen LogP contribution in [-0.2, 0) is 11.3 Å². The number of benzene rings is 2. The van der Waals surface area contributed by atoms with Crippen molar-refractivity contribution < 1.29 is 23.1 Å². The third-order valence-corrected chi connectivity index (χ3v) is 4.97. The van der Waals surface area contributed by atoms with Crippen LogP contribution in [0.4, 0.5) is 4.39 Å². The van der Waals surface area contributed by atoms with Gasteiger partial charge in [-0.3, -0.25) is 4.79 Å². The molecule has 9 heteroatoms. The maximum absolute atomic E-state index is 12.9. The predicted octanol–water partition coefficient (Wildman–Crippen LogP) is 3.69. The number of aromatic nitrogens is 2. The third-order valence-electron chi connectivity index (χ3n) is 4.03. The fourth-order valence-electron chi connectivity index (χ4n) is 2.44. The molecular weight excluding hydrogens is 397 g/mol. The van der Waals surface area contributed by atoms with Gasteiger partial charge in [-0.15, -0.1) is 10.2 Å². The highest BCUT2D eigenvalue weighted by atomic mass is 32.2. The zero-order valence-corrected chi connectivity index (χ0v) is 17.0. The smallest absolute Gasteiger partial charge is 0.277 e. The van der Waals surface area contributed by atoms with Crippen molar-refractivity contribution in [2.45, 2.75) is 23.9 Å². The summed E-state index contributed by atoms with van der Waals surface area (Å²) in [5.41, 5.74) is 1.46. The van der Waals surface area contributed by atoms with Crippen molar-refractivity contribution in [3.8, 4) is 23.0 Å². The minimum atomic E-state index is -0.455. The third kappa shape index (κ3) is 5.47. The van der Waals surface area contributed by atoms with E-state index in [2.05, 4.69) is 15.5 Å². The molecule has 0 saturated carbocycles. The van der Waals surface area contributed by atoms with Crippen LogP contribution in [-0.4, -0.2) is 35.6 Å². The van der Waals surface area contributed by atoms with Crippen LogP contribution in [0.15, 0.2) is 52.1 Å². The van der Waals surface area contributed by atoms with Crippen LogP contribution in [0.5, 0.6) is 11.5 Å². The summed E-state index contributed by atoms with van der Waals surface area (Å²) in [6, 6.07) is 11.2. The Balaban J connectivity index is 1.61. The van der Waals surface area contributed by atoms with Gasteiger partial charge in [0.2, 0.25) is 11.8 Å². The van der Waals surface area contributed by atoms with Crippen molar-refractivity contribution in [1.29, 1.82) is 0 Å². The molecule has 3 aromatic rings. The second-order valence-electron chi connectivity index (χ2n) is 6.08. The molecule has 1 atom stereocenters. The van der Waals surface area contributed by atoms with Crippen molar-refractivity contribution in [2.24, 2.45) is 0 Å². The normalized spacial score (nSPS) is 11.7. The Morgan fingerprint density at radius 1 is 1.14 bits per heavy atom. The van der Waals surface area contributed by atoms with Crippen LogP contribution in [0.1, 0.15) is 12.5 Å². The lowest BCUT2D eigenvalue weighted by molar-refractivity contribution is -0.120. The Bertz CT molecular complexity index is 956. The number of methoxy groups -OCH3 is 2. The van der Waals surface area contributed by atoms with E-state index in [0.29, 0.717) is 29.5 Å². The molecule has 7 nitrogen and oxygen atoms in total. The summed E-state index contributed by atoms with van der Waals surface area (Å²) < 4.78 is 29.1. The molecule has 0 saturated heterocycles. The first-order valence-corrected chi connectivity index (χ1v) is 9.62. The molecule has 0 fully saturated rings. The van der Waals surface area contributed by atoms with Crippen molar-refractivity contribution in [2.75, 3.05) is 14.2 Å². The number of nitrogens with zero attached hydrogens (tertiary/aromatic N) is 2. The highest BCUT2D eigenvalue weighted by Gasteiger charge is 2.19. The molecule has 0 aliphatic rings. The summed E-state index contributed by atoms with van der Waals surface area (Å²) >= 11 is 1.15. The van der Waals surface area contributed by atoms with Crippen LogP contribution in [0, 0.1) is 5.82 Å². The summed E-state index contributed by atoms with van der Waals surface area (Å²) in [6.45, 7) is 2.05. The van der Waals surface area contributed by atoms with Gasteiger partial charge in [0.15, 0.2) is 0 Å². The van der Waals surface area contributed by atoms with Crippen molar-refractivity contribution in [1.82, 2.24) is 15.5 Å². The number of ether oxygens (including phenoxy) is 2. The second kappa shape index (κ2) is 9.42. The molecular formula is C20H20FN3O4S. The van der Waals surface area contributed by atoms with E-state index in [0.717, 1.165) is 17.3 Å². The zero-order chi connectivity index (χ0) is 20.8. The molecule has 0 bridgehead atoms. The van der Waals surface area contributed by atoms with E-state index in [-0.39, 0.29) is 16.9 Å². The number of amides is 1. The second-order valence-corrected chi connectivity index (χ2v) is 7.37. The molecule has 0 spiro atoms. The Kier molecular flexibility index (Phi) is 6.71. The van der Waals surface area contributed by atoms with Gasteiger partial charge in [-0.2, -0.15) is 0 Å². The Morgan fingerprint density at radius 2 is 1.79 bits per heavy atom. The Hall–Kier alpha value is -3.07. The van der Waals surface area contributed by atoms with E-state index >= 15 is 0 Å². The van der Waals surface area contributed by atoms with Crippen LogP contribution in [0.25, 0.3) is 11.5 Å². The summed E-state index contributed by atoms with van der Waals surface area (Å²) in [4.78, 5) is 12.3. The first-order valence-electron chi connectivity index (χ1n) is 8.74. The fourth-order valence-corrected chi connectivity index (χ4v) is 3.15. The number of carbonyl (C=O) groups excluding carboxylic acids is 1. The lowest BCUT2D eigenvalue weighted by Crippen LogP contribution is -2.30. The first kappa shape index (κ1) is 20.7. The molecule has 0 aliphatic heterocycles. The van der Waals surface area contributed by atoms with Crippen molar-refractivity contribution in [3.05, 3.63) is 53.8 Å². The van der Waals surface area contributed by atoms with Gasteiger partial charge in [0.05, 0.1) is 19.5 Å². The highest BCUT2D eigenvalue weighted by Crippen LogP contribution is 2.31. The number of nitrogens with one attached hydrogen (secondary N) is 1. The molecule has 1 heterocycles. The van der Waals surface area contributed by atoms with Gasteiger partial charge >= 0.3 is 0 Å². The van der Waals surface area contributed by atoms with Crippen LogP contribution < -0.4 is 14.8 Å². The van der Waals surface area contributed by atoms with Gasteiger partial charge in [-0.25, -0.2) is 4.39 Å². The molecule has 1 N–H and O–H groups in total. The van der Waals surface area contributed by atoms with Crippen LogP contribution in [0.2, 0.25) is 0 Å². The van der Waals surface area contributed by atoms with Gasteiger partial charge in [0, 0.05) is 18.2 Å². The fraction of sp³-hybridized carbons (Fsp3) is 0.250. The molecule has 1 amide bonds. The van der Waals surface area contributed by atoms with Gasteiger partial charge in [-0.05, 0) is 36.8 Å². The molecule has 0 unspecified atom stereocenters. The number of carbonyl (C=O) groups is 1. The number of rotatable bonds is 8. The standard InChI is InChI=1S/C20H20FN3O4S/c1-12(18(25)22-11-13-4-6-15(21)7-5-13)29-20-24-23-19(28-20)14-8-16(26-2)10-17(9-14)27-3/h4-10,12H,11H2,1-3H3,(H,22,25)/t12-/m1/s1. The zero-order valence-electron chi connectivity index (χ0n) is 16.1. The number of hydrogen-bond acceptors (Lipinski definition) is 7. The summed E-state index contributed by atoms with van der Waals surface area (Å²) in [7, 11) is 3.11. The molecule has 0 radical (unpaired) electrons. The predicted molar refractivity (Wildman–Crippen MR) is 106 cm³/mol. The quantitative estimate of drug-likeness (QED) is 0.560. The van der Waals surface area contributed by atoms with Gasteiger partial charge in [0.25, 0.3) is 5.22 Å². The van der Waals surface area contributed by atoms with E-state index < -0.39 is 5.25 Å². The van der Waals surface area contributed by atoms with E-state index in [4.69, 9.17) is 13.9 Å². The lowest BCUT2D eigenvalue weighted by atomic mass is 10.2. The minimum absolute atomic E-state index is 0.192. The summed E-state index contributed by atoms with van der Waals surface area (Å²) in [6.07, 6.45) is 0. The molecule has 3 rings (SSSR count). The summed E-state index contributed by atoms with van der Waals surface area (Å²) in [5.74, 6) is 0.983. The molecule has 152 valence electrons. The van der Waals surface area contributed by atoms with Crippen molar-refractivity contribution >= 4 is 17.7 Å². The number of halogens is 1. The SMILES string of the molecule is COc1cc(OC)cc(-c2nnc(S[C@H](C)C(=O)NCc3ccc(F)cc3)o2)c1. The number of hydrogen-bond donors (Lipinski definition) is 1. The van der Waals surface area contributed by atoms with E-state index in [1.807, 2.05) is 0 Å². The molecule has 0 aliphatic carbocycles. The largest absolute Gasteiger partial charge is 0.497 e.